The first-order chi connectivity index (χ1) is 14.3. The van der Waals surface area contributed by atoms with E-state index in [1.165, 1.54) is 30.3 Å². The highest BCUT2D eigenvalue weighted by Crippen LogP contribution is 2.15. The van der Waals surface area contributed by atoms with Crippen LogP contribution in [0, 0.1) is 0 Å². The van der Waals surface area contributed by atoms with Crippen LogP contribution in [0.2, 0.25) is 0 Å². The molecule has 0 aliphatic heterocycles. The van der Waals surface area contributed by atoms with E-state index >= 15 is 0 Å². The number of aliphatic carboxylic acids is 1. The maximum absolute atomic E-state index is 12.3. The molecule has 30 heavy (non-hydrogen) atoms. The van der Waals surface area contributed by atoms with Gasteiger partial charge in [-0.05, 0) is 54.5 Å². The second kappa shape index (κ2) is 11.3. The van der Waals surface area contributed by atoms with Crippen molar-refractivity contribution in [3.63, 3.8) is 0 Å². The number of nitrogens with one attached hydrogen (secondary N) is 1. The summed E-state index contributed by atoms with van der Waals surface area (Å²) in [6.07, 6.45) is 4.84. The summed E-state index contributed by atoms with van der Waals surface area (Å²) < 4.78 is 32.0. The number of ether oxygens (including phenoxy) is 1. The normalized spacial score (nSPS) is 11.5. The number of hydrogen-bond acceptors (Lipinski definition) is 5. The van der Waals surface area contributed by atoms with Gasteiger partial charge >= 0.3 is 5.97 Å². The Hall–Kier alpha value is -2.97. The van der Waals surface area contributed by atoms with E-state index in [1.54, 1.807) is 6.08 Å². The molecule has 0 aromatic heterocycles. The fourth-order valence-corrected chi connectivity index (χ4v) is 3.48. The molecule has 0 heterocycles. The Morgan fingerprint density at radius 2 is 1.73 bits per heavy atom. The van der Waals surface area contributed by atoms with Crippen molar-refractivity contribution in [1.82, 2.24) is 4.72 Å². The molecule has 160 valence electrons. The molecule has 8 heteroatoms. The standard InChI is InChI=1S/C22H25NO6S/c1-2-3-16-29-19-9-4-17(5-10-19)6-13-21(24)18-7-11-20(12-8-18)30(27,28)23-15-14-22(25)26/h4-13,23H,2-3,14-16H2,1H3,(H,25,26)/b13-6+. The van der Waals surface area contributed by atoms with Gasteiger partial charge in [0.2, 0.25) is 10.0 Å². The van der Waals surface area contributed by atoms with Gasteiger partial charge in [-0.25, -0.2) is 13.1 Å². The van der Waals surface area contributed by atoms with Crippen molar-refractivity contribution in [2.24, 2.45) is 0 Å². The van der Waals surface area contributed by atoms with E-state index < -0.39 is 16.0 Å². The molecule has 0 unspecified atom stereocenters. The molecule has 0 amide bonds. The largest absolute Gasteiger partial charge is 0.494 e. The van der Waals surface area contributed by atoms with Gasteiger partial charge < -0.3 is 9.84 Å². The second-order valence-electron chi connectivity index (χ2n) is 6.53. The van der Waals surface area contributed by atoms with Gasteiger partial charge in [0.05, 0.1) is 17.9 Å². The van der Waals surface area contributed by atoms with Gasteiger partial charge in [-0.1, -0.05) is 31.6 Å². The third kappa shape index (κ3) is 7.46. The van der Waals surface area contributed by atoms with E-state index in [1.807, 2.05) is 24.3 Å². The first-order valence-electron chi connectivity index (χ1n) is 9.58. The van der Waals surface area contributed by atoms with E-state index in [0.717, 1.165) is 24.2 Å². The van der Waals surface area contributed by atoms with Gasteiger partial charge in [0.25, 0.3) is 0 Å². The number of carboxylic acids is 1. The Kier molecular flexibility index (Phi) is 8.76. The highest BCUT2D eigenvalue weighted by atomic mass is 32.2. The number of benzene rings is 2. The molecule has 0 radical (unpaired) electrons. The molecule has 2 aromatic carbocycles. The van der Waals surface area contributed by atoms with Gasteiger partial charge in [0.15, 0.2) is 5.78 Å². The van der Waals surface area contributed by atoms with Crippen LogP contribution in [0.1, 0.15) is 42.1 Å². The number of unbranched alkanes of at least 4 members (excludes halogenated alkanes) is 1. The smallest absolute Gasteiger partial charge is 0.304 e. The monoisotopic (exact) mass is 431 g/mol. The van der Waals surface area contributed by atoms with Crippen LogP contribution in [0.15, 0.2) is 59.5 Å². The molecule has 7 nitrogen and oxygen atoms in total. The van der Waals surface area contributed by atoms with Gasteiger partial charge in [-0.2, -0.15) is 0 Å². The summed E-state index contributed by atoms with van der Waals surface area (Å²) in [7, 11) is -3.82. The van der Waals surface area contributed by atoms with Gasteiger partial charge in [-0.15, -0.1) is 0 Å². The molecular weight excluding hydrogens is 406 g/mol. The first kappa shape index (κ1) is 23.3. The number of carboxylic acid groups (broad SMARTS) is 1. The molecule has 0 aliphatic carbocycles. The molecule has 2 N–H and O–H groups in total. The lowest BCUT2D eigenvalue weighted by atomic mass is 10.1. The van der Waals surface area contributed by atoms with E-state index in [2.05, 4.69) is 11.6 Å². The fourth-order valence-electron chi connectivity index (χ4n) is 2.45. The third-order valence-electron chi connectivity index (χ3n) is 4.15. The molecule has 0 bridgehead atoms. The van der Waals surface area contributed by atoms with Crippen LogP contribution in [-0.2, 0) is 14.8 Å². The predicted octanol–water partition coefficient (Wildman–Crippen LogP) is 3.51. The van der Waals surface area contributed by atoms with Crippen LogP contribution >= 0.6 is 0 Å². The summed E-state index contributed by atoms with van der Waals surface area (Å²) in [6, 6.07) is 12.9. The lowest BCUT2D eigenvalue weighted by Gasteiger charge is -2.06. The zero-order valence-corrected chi connectivity index (χ0v) is 17.5. The summed E-state index contributed by atoms with van der Waals surface area (Å²) in [5.41, 5.74) is 1.18. The predicted molar refractivity (Wildman–Crippen MR) is 114 cm³/mol. The Morgan fingerprint density at radius 1 is 1.07 bits per heavy atom. The van der Waals surface area contributed by atoms with Crippen LogP contribution < -0.4 is 9.46 Å². The van der Waals surface area contributed by atoms with Crippen LogP contribution in [0.4, 0.5) is 0 Å². The fraction of sp³-hybridized carbons (Fsp3) is 0.273. The van der Waals surface area contributed by atoms with Crippen LogP contribution in [0.25, 0.3) is 6.08 Å². The Balaban J connectivity index is 1.96. The number of carbonyl (C=O) groups is 2. The Morgan fingerprint density at radius 3 is 2.33 bits per heavy atom. The number of carbonyl (C=O) groups excluding carboxylic acids is 1. The Labute approximate surface area is 176 Å². The van der Waals surface area contributed by atoms with Crippen LogP contribution in [0.3, 0.4) is 0 Å². The number of rotatable bonds is 12. The molecular formula is C22H25NO6S. The van der Waals surface area contributed by atoms with Crippen molar-refractivity contribution >= 4 is 27.9 Å². The quantitative estimate of drug-likeness (QED) is 0.302. The van der Waals surface area contributed by atoms with Crippen molar-refractivity contribution in [3.8, 4) is 5.75 Å². The van der Waals surface area contributed by atoms with Gasteiger partial charge in [0.1, 0.15) is 5.75 Å². The molecule has 0 saturated carbocycles. The summed E-state index contributed by atoms with van der Waals surface area (Å²) in [5, 5.41) is 8.58. The SMILES string of the molecule is CCCCOc1ccc(/C=C/C(=O)c2ccc(S(=O)(=O)NCCC(=O)O)cc2)cc1. The summed E-state index contributed by atoms with van der Waals surface area (Å²) >= 11 is 0. The number of hydrogen-bond donors (Lipinski definition) is 2. The van der Waals surface area contributed by atoms with E-state index in [0.29, 0.717) is 12.2 Å². The highest BCUT2D eigenvalue weighted by Gasteiger charge is 2.14. The minimum atomic E-state index is -3.82. The third-order valence-corrected chi connectivity index (χ3v) is 5.63. The molecule has 0 saturated heterocycles. The van der Waals surface area contributed by atoms with Crippen LogP contribution in [0.5, 0.6) is 5.75 Å². The lowest BCUT2D eigenvalue weighted by Crippen LogP contribution is -2.26. The van der Waals surface area contributed by atoms with E-state index in [-0.39, 0.29) is 23.6 Å². The zero-order chi connectivity index (χ0) is 22.0. The van der Waals surface area contributed by atoms with Crippen LogP contribution in [-0.4, -0.2) is 38.4 Å². The van der Waals surface area contributed by atoms with Crippen molar-refractivity contribution in [3.05, 3.63) is 65.7 Å². The van der Waals surface area contributed by atoms with Crippen molar-refractivity contribution in [1.29, 1.82) is 0 Å². The average molecular weight is 432 g/mol. The van der Waals surface area contributed by atoms with E-state index in [9.17, 15) is 18.0 Å². The summed E-state index contributed by atoms with van der Waals surface area (Å²) in [4.78, 5) is 22.8. The average Bonchev–Trinajstić information content (AvgIpc) is 2.73. The van der Waals surface area contributed by atoms with Crippen molar-refractivity contribution in [2.45, 2.75) is 31.1 Å². The first-order valence-corrected chi connectivity index (χ1v) is 11.1. The lowest BCUT2D eigenvalue weighted by molar-refractivity contribution is -0.136. The van der Waals surface area contributed by atoms with Gasteiger partial charge in [-0.3, -0.25) is 9.59 Å². The summed E-state index contributed by atoms with van der Waals surface area (Å²) in [6.45, 7) is 2.56. The maximum Gasteiger partial charge on any atom is 0.304 e. The topological polar surface area (TPSA) is 110 Å². The number of sulfonamides is 1. The van der Waals surface area contributed by atoms with Gasteiger partial charge in [0, 0.05) is 12.1 Å². The molecule has 0 spiro atoms. The molecule has 0 fully saturated rings. The van der Waals surface area contributed by atoms with Crippen molar-refractivity contribution < 1.29 is 27.9 Å². The maximum atomic E-state index is 12.3. The minimum Gasteiger partial charge on any atom is -0.494 e. The highest BCUT2D eigenvalue weighted by molar-refractivity contribution is 7.89. The zero-order valence-electron chi connectivity index (χ0n) is 16.7. The molecule has 0 atom stereocenters. The Bertz CT molecular complexity index is 979. The number of allylic oxidation sites excluding steroid dienone is 1. The van der Waals surface area contributed by atoms with E-state index in [4.69, 9.17) is 9.84 Å². The molecule has 0 aliphatic rings. The number of ketones is 1. The summed E-state index contributed by atoms with van der Waals surface area (Å²) in [5.74, 6) is -0.578. The second-order valence-corrected chi connectivity index (χ2v) is 8.30. The van der Waals surface area contributed by atoms with Crippen molar-refractivity contribution in [2.75, 3.05) is 13.2 Å². The molecule has 2 aromatic rings. The minimum absolute atomic E-state index is 0.0351. The molecule has 2 rings (SSSR count).